The number of hydrogen-bond acceptors (Lipinski definition) is 2. The van der Waals surface area contributed by atoms with Gasteiger partial charge < -0.3 is 5.11 Å². The van der Waals surface area contributed by atoms with Gasteiger partial charge in [-0.15, -0.1) is 0 Å². The summed E-state index contributed by atoms with van der Waals surface area (Å²) in [5, 5.41) is 8.77. The SMILES string of the molecule is C=C1CCC=N/C1=C/C=C(\C)CO. The molecule has 13 heavy (non-hydrogen) atoms. The smallest absolute Gasteiger partial charge is 0.0651 e. The van der Waals surface area contributed by atoms with Gasteiger partial charge in [-0.2, -0.15) is 0 Å². The standard InChI is InChI=1S/C11H15NO/c1-9(8-13)5-6-11-10(2)4-3-7-12-11/h5-7,13H,2-4,8H2,1H3/b9-5+,11-6+. The average Bonchev–Trinajstić information content (AvgIpc) is 2.16. The third kappa shape index (κ3) is 2.99. The van der Waals surface area contributed by atoms with Gasteiger partial charge in [0, 0.05) is 6.21 Å². The van der Waals surface area contributed by atoms with Gasteiger partial charge in [0.1, 0.15) is 0 Å². The summed E-state index contributed by atoms with van der Waals surface area (Å²) >= 11 is 0. The summed E-state index contributed by atoms with van der Waals surface area (Å²) in [4.78, 5) is 4.23. The highest BCUT2D eigenvalue weighted by Crippen LogP contribution is 2.19. The third-order valence-electron chi connectivity index (χ3n) is 1.94. The van der Waals surface area contributed by atoms with Gasteiger partial charge in [0.05, 0.1) is 12.3 Å². The molecule has 0 unspecified atom stereocenters. The van der Waals surface area contributed by atoms with Crippen LogP contribution in [0.5, 0.6) is 0 Å². The van der Waals surface area contributed by atoms with E-state index in [1.165, 1.54) is 0 Å². The van der Waals surface area contributed by atoms with Crippen LogP contribution in [0.1, 0.15) is 19.8 Å². The van der Waals surface area contributed by atoms with Crippen molar-refractivity contribution in [1.29, 1.82) is 0 Å². The summed E-state index contributed by atoms with van der Waals surface area (Å²) < 4.78 is 0. The summed E-state index contributed by atoms with van der Waals surface area (Å²) in [5.74, 6) is 0. The molecule has 0 aromatic heterocycles. The molecule has 70 valence electrons. The van der Waals surface area contributed by atoms with Crippen LogP contribution >= 0.6 is 0 Å². The van der Waals surface area contributed by atoms with Crippen LogP contribution in [0.2, 0.25) is 0 Å². The van der Waals surface area contributed by atoms with Crippen molar-refractivity contribution < 1.29 is 5.11 Å². The lowest BCUT2D eigenvalue weighted by atomic mass is 10.1. The molecule has 2 heteroatoms. The Hall–Kier alpha value is -1.15. The molecule has 0 spiro atoms. The Morgan fingerprint density at radius 1 is 1.77 bits per heavy atom. The van der Waals surface area contributed by atoms with Gasteiger partial charge in [-0.05, 0) is 37.0 Å². The van der Waals surface area contributed by atoms with E-state index in [1.54, 1.807) is 0 Å². The van der Waals surface area contributed by atoms with Crippen molar-refractivity contribution in [3.8, 4) is 0 Å². The molecule has 0 aromatic rings. The van der Waals surface area contributed by atoms with E-state index in [0.29, 0.717) is 0 Å². The van der Waals surface area contributed by atoms with Crippen LogP contribution in [-0.4, -0.2) is 17.9 Å². The third-order valence-corrected chi connectivity index (χ3v) is 1.94. The van der Waals surface area contributed by atoms with Crippen LogP contribution in [0.15, 0.2) is 40.6 Å². The van der Waals surface area contributed by atoms with Crippen molar-refractivity contribution in [2.75, 3.05) is 6.61 Å². The minimum Gasteiger partial charge on any atom is -0.392 e. The Morgan fingerprint density at radius 2 is 2.54 bits per heavy atom. The summed E-state index contributed by atoms with van der Waals surface area (Å²) in [7, 11) is 0. The fourth-order valence-electron chi connectivity index (χ4n) is 1.06. The molecule has 1 aliphatic rings. The highest BCUT2D eigenvalue weighted by molar-refractivity contribution is 5.64. The van der Waals surface area contributed by atoms with Crippen molar-refractivity contribution in [3.05, 3.63) is 35.6 Å². The average molecular weight is 177 g/mol. The zero-order valence-electron chi connectivity index (χ0n) is 7.95. The lowest BCUT2D eigenvalue weighted by Crippen LogP contribution is -1.94. The van der Waals surface area contributed by atoms with E-state index >= 15 is 0 Å². The first-order valence-corrected chi connectivity index (χ1v) is 4.43. The van der Waals surface area contributed by atoms with Crippen molar-refractivity contribution >= 4 is 6.21 Å². The Kier molecular flexibility index (Phi) is 3.65. The fraction of sp³-hybridized carbons (Fsp3) is 0.364. The Bertz CT molecular complexity index is 284. The molecular formula is C11H15NO. The molecule has 1 heterocycles. The zero-order chi connectivity index (χ0) is 9.68. The van der Waals surface area contributed by atoms with Crippen molar-refractivity contribution in [1.82, 2.24) is 0 Å². The molecule has 0 amide bonds. The predicted octanol–water partition coefficient (Wildman–Crippen LogP) is 2.23. The number of allylic oxidation sites excluding steroid dienone is 3. The van der Waals surface area contributed by atoms with Gasteiger partial charge in [-0.1, -0.05) is 12.7 Å². The lowest BCUT2D eigenvalue weighted by Gasteiger charge is -2.08. The molecule has 0 bridgehead atoms. The molecule has 0 aromatic carbocycles. The highest BCUT2D eigenvalue weighted by atomic mass is 16.3. The highest BCUT2D eigenvalue weighted by Gasteiger charge is 2.03. The van der Waals surface area contributed by atoms with E-state index in [1.807, 2.05) is 25.3 Å². The van der Waals surface area contributed by atoms with Crippen LogP contribution in [-0.2, 0) is 0 Å². The minimum atomic E-state index is 0.0972. The lowest BCUT2D eigenvalue weighted by molar-refractivity contribution is 0.331. The minimum absolute atomic E-state index is 0.0972. The van der Waals surface area contributed by atoms with E-state index in [9.17, 15) is 0 Å². The largest absolute Gasteiger partial charge is 0.392 e. The number of aliphatic hydroxyl groups excluding tert-OH is 1. The quantitative estimate of drug-likeness (QED) is 0.689. The van der Waals surface area contributed by atoms with Gasteiger partial charge in [0.25, 0.3) is 0 Å². The summed E-state index contributed by atoms with van der Waals surface area (Å²) in [6, 6.07) is 0. The molecule has 1 aliphatic heterocycles. The van der Waals surface area contributed by atoms with Gasteiger partial charge in [0.2, 0.25) is 0 Å². The number of aliphatic hydroxyl groups is 1. The molecule has 1 rings (SSSR count). The van der Waals surface area contributed by atoms with E-state index in [-0.39, 0.29) is 6.61 Å². The van der Waals surface area contributed by atoms with Gasteiger partial charge in [-0.25, -0.2) is 0 Å². The van der Waals surface area contributed by atoms with Crippen molar-refractivity contribution in [2.45, 2.75) is 19.8 Å². The van der Waals surface area contributed by atoms with E-state index in [2.05, 4.69) is 11.6 Å². The first-order chi connectivity index (χ1) is 6.24. The molecule has 0 aliphatic carbocycles. The van der Waals surface area contributed by atoms with Crippen LogP contribution in [0.3, 0.4) is 0 Å². The Morgan fingerprint density at radius 3 is 3.15 bits per heavy atom. The second-order valence-electron chi connectivity index (χ2n) is 3.18. The topological polar surface area (TPSA) is 32.6 Å². The molecule has 2 nitrogen and oxygen atoms in total. The van der Waals surface area contributed by atoms with Crippen LogP contribution < -0.4 is 0 Å². The first kappa shape index (κ1) is 9.93. The zero-order valence-corrected chi connectivity index (χ0v) is 7.95. The number of hydrogen-bond donors (Lipinski definition) is 1. The first-order valence-electron chi connectivity index (χ1n) is 4.43. The van der Waals surface area contributed by atoms with Crippen LogP contribution in [0.25, 0.3) is 0 Å². The normalized spacial score (nSPS) is 21.2. The van der Waals surface area contributed by atoms with Gasteiger partial charge in [-0.3, -0.25) is 4.99 Å². The molecular weight excluding hydrogens is 162 g/mol. The van der Waals surface area contributed by atoms with E-state index in [4.69, 9.17) is 5.11 Å². The van der Waals surface area contributed by atoms with Crippen LogP contribution in [0, 0.1) is 0 Å². The summed E-state index contributed by atoms with van der Waals surface area (Å²) in [5.41, 5.74) is 2.93. The van der Waals surface area contributed by atoms with E-state index in [0.717, 1.165) is 29.7 Å². The number of nitrogens with zero attached hydrogens (tertiary/aromatic N) is 1. The maximum absolute atomic E-state index is 8.77. The maximum Gasteiger partial charge on any atom is 0.0651 e. The van der Waals surface area contributed by atoms with Crippen LogP contribution in [0.4, 0.5) is 0 Å². The van der Waals surface area contributed by atoms with Crippen molar-refractivity contribution in [3.63, 3.8) is 0 Å². The molecule has 0 fully saturated rings. The molecule has 0 radical (unpaired) electrons. The molecule has 0 saturated carbocycles. The van der Waals surface area contributed by atoms with E-state index < -0.39 is 0 Å². The second-order valence-corrected chi connectivity index (χ2v) is 3.18. The Labute approximate surface area is 79.0 Å². The number of rotatable bonds is 2. The maximum atomic E-state index is 8.77. The summed E-state index contributed by atoms with van der Waals surface area (Å²) in [6.45, 7) is 5.90. The fourth-order valence-corrected chi connectivity index (χ4v) is 1.06. The van der Waals surface area contributed by atoms with Gasteiger partial charge >= 0.3 is 0 Å². The summed E-state index contributed by atoms with van der Waals surface area (Å²) in [6.07, 6.45) is 7.66. The van der Waals surface area contributed by atoms with Gasteiger partial charge in [0.15, 0.2) is 0 Å². The molecule has 1 N–H and O–H groups in total. The Balaban J connectivity index is 2.75. The monoisotopic (exact) mass is 177 g/mol. The number of aliphatic imine (C=N–C) groups is 1. The second kappa shape index (κ2) is 4.77. The van der Waals surface area contributed by atoms with Crippen molar-refractivity contribution in [2.24, 2.45) is 4.99 Å². The molecule has 0 atom stereocenters. The molecule has 0 saturated heterocycles. The predicted molar refractivity (Wildman–Crippen MR) is 55.8 cm³/mol.